The van der Waals surface area contributed by atoms with Crippen LogP contribution in [0.2, 0.25) is 0 Å². The minimum absolute atomic E-state index is 1.33. The van der Waals surface area contributed by atoms with Crippen molar-refractivity contribution in [1.82, 2.24) is 0 Å². The van der Waals surface area contributed by atoms with Crippen LogP contribution in [-0.2, 0) is 0 Å². The molecule has 1 rings (SSSR count). The van der Waals surface area contributed by atoms with E-state index in [4.69, 9.17) is 0 Å². The zero-order valence-corrected chi connectivity index (χ0v) is 8.31. The van der Waals surface area contributed by atoms with Gasteiger partial charge in [-0.15, -0.1) is 0 Å². The van der Waals surface area contributed by atoms with Gasteiger partial charge in [0.05, 0.1) is 0 Å². The molecule has 0 aliphatic rings. The lowest BCUT2D eigenvalue weighted by molar-refractivity contribution is 1.29. The van der Waals surface area contributed by atoms with E-state index in [-0.39, 0.29) is 0 Å². The number of aryl methyl sites for hydroxylation is 3. The van der Waals surface area contributed by atoms with E-state index in [1.807, 2.05) is 0 Å². The molecule has 0 saturated heterocycles. The highest BCUT2D eigenvalue weighted by Crippen LogP contribution is 2.16. The predicted octanol–water partition coefficient (Wildman–Crippen LogP) is 3.64. The van der Waals surface area contributed by atoms with E-state index in [2.05, 4.69) is 52.0 Å². The van der Waals surface area contributed by atoms with Crippen LogP contribution in [-0.4, -0.2) is 0 Å². The van der Waals surface area contributed by atoms with Crippen molar-refractivity contribution in [1.29, 1.82) is 0 Å². The molecule has 0 aromatic heterocycles. The Hall–Kier alpha value is -1.04. The molecule has 0 radical (unpaired) electrons. The van der Waals surface area contributed by atoms with Crippen LogP contribution in [0, 0.1) is 20.8 Å². The van der Waals surface area contributed by atoms with Gasteiger partial charge < -0.3 is 0 Å². The minimum Gasteiger partial charge on any atom is -0.0871 e. The van der Waals surface area contributed by atoms with Crippen LogP contribution in [0.5, 0.6) is 0 Å². The maximum atomic E-state index is 2.24. The zero-order valence-electron chi connectivity index (χ0n) is 8.31. The topological polar surface area (TPSA) is 0 Å². The monoisotopic (exact) mass is 160 g/mol. The van der Waals surface area contributed by atoms with Gasteiger partial charge in [-0.25, -0.2) is 0 Å². The van der Waals surface area contributed by atoms with Gasteiger partial charge in [-0.2, -0.15) is 0 Å². The largest absolute Gasteiger partial charge is 0.0871 e. The summed E-state index contributed by atoms with van der Waals surface area (Å²) in [7, 11) is 0. The maximum Gasteiger partial charge on any atom is -0.0228 e. The lowest BCUT2D eigenvalue weighted by atomic mass is 10.0. The third kappa shape index (κ3) is 1.76. The first kappa shape index (κ1) is 9.05. The Morgan fingerprint density at radius 1 is 0.917 bits per heavy atom. The highest BCUT2D eigenvalue weighted by Gasteiger charge is 1.97. The van der Waals surface area contributed by atoms with Crippen molar-refractivity contribution in [3.05, 3.63) is 40.5 Å². The molecule has 0 N–H and O–H groups in total. The summed E-state index contributed by atoms with van der Waals surface area (Å²) in [6.07, 6.45) is 4.23. The smallest absolute Gasteiger partial charge is 0.0228 e. The van der Waals surface area contributed by atoms with Crippen molar-refractivity contribution < 1.29 is 0 Å². The zero-order chi connectivity index (χ0) is 9.14. The Labute approximate surface area is 74.9 Å². The summed E-state index contributed by atoms with van der Waals surface area (Å²) >= 11 is 0. The first-order valence-corrected chi connectivity index (χ1v) is 4.35. The van der Waals surface area contributed by atoms with Crippen LogP contribution >= 0.6 is 0 Å². The fourth-order valence-electron chi connectivity index (χ4n) is 1.34. The highest BCUT2D eigenvalue weighted by atomic mass is 14.0. The van der Waals surface area contributed by atoms with Crippen molar-refractivity contribution in [2.45, 2.75) is 27.7 Å². The van der Waals surface area contributed by atoms with Gasteiger partial charge in [-0.1, -0.05) is 24.3 Å². The molecule has 0 heteroatoms. The van der Waals surface area contributed by atoms with Gasteiger partial charge in [-0.05, 0) is 49.9 Å². The molecule has 0 nitrogen and oxygen atoms in total. The van der Waals surface area contributed by atoms with Crippen molar-refractivity contribution >= 4 is 6.08 Å². The first-order chi connectivity index (χ1) is 5.65. The molecule has 0 amide bonds. The van der Waals surface area contributed by atoms with Crippen LogP contribution < -0.4 is 0 Å². The molecule has 0 aliphatic heterocycles. The van der Waals surface area contributed by atoms with Gasteiger partial charge in [0.15, 0.2) is 0 Å². The molecule has 0 fully saturated rings. The summed E-state index contributed by atoms with van der Waals surface area (Å²) < 4.78 is 0. The molecule has 1 aromatic carbocycles. The van der Waals surface area contributed by atoms with Crippen molar-refractivity contribution in [2.75, 3.05) is 0 Å². The molecule has 0 spiro atoms. The third-order valence-electron chi connectivity index (χ3n) is 2.23. The van der Waals surface area contributed by atoms with Gasteiger partial charge in [0.2, 0.25) is 0 Å². The van der Waals surface area contributed by atoms with Crippen LogP contribution in [0.1, 0.15) is 29.2 Å². The first-order valence-electron chi connectivity index (χ1n) is 4.35. The third-order valence-corrected chi connectivity index (χ3v) is 2.23. The highest BCUT2D eigenvalue weighted by molar-refractivity contribution is 5.55. The van der Waals surface area contributed by atoms with Crippen LogP contribution in [0.25, 0.3) is 6.08 Å². The molecule has 0 bridgehead atoms. The van der Waals surface area contributed by atoms with Crippen molar-refractivity contribution in [3.63, 3.8) is 0 Å². The number of benzene rings is 1. The molecule has 64 valence electrons. The van der Waals surface area contributed by atoms with Crippen molar-refractivity contribution in [2.24, 2.45) is 0 Å². The number of allylic oxidation sites excluding steroid dienone is 1. The number of rotatable bonds is 1. The van der Waals surface area contributed by atoms with Gasteiger partial charge in [-0.3, -0.25) is 0 Å². The van der Waals surface area contributed by atoms with E-state index >= 15 is 0 Å². The maximum absolute atomic E-state index is 2.24. The number of hydrogen-bond acceptors (Lipinski definition) is 0. The summed E-state index contributed by atoms with van der Waals surface area (Å²) in [6.45, 7) is 8.51. The van der Waals surface area contributed by atoms with Gasteiger partial charge >= 0.3 is 0 Å². The second kappa shape index (κ2) is 3.57. The molecule has 0 heterocycles. The van der Waals surface area contributed by atoms with E-state index in [0.717, 1.165) is 0 Å². The molecular weight excluding hydrogens is 144 g/mol. The minimum atomic E-state index is 1.33. The average Bonchev–Trinajstić information content (AvgIpc) is 2.01. The summed E-state index contributed by atoms with van der Waals surface area (Å²) in [5, 5.41) is 0. The Balaban J connectivity index is 3.23. The molecular formula is C12H16. The standard InChI is InChI=1S/C12H16/c1-5-6-12-8-10(3)9(2)7-11(12)4/h5-8H,1-4H3. The van der Waals surface area contributed by atoms with Gasteiger partial charge in [0.1, 0.15) is 0 Å². The fourth-order valence-corrected chi connectivity index (χ4v) is 1.34. The van der Waals surface area contributed by atoms with Gasteiger partial charge in [0, 0.05) is 0 Å². The summed E-state index contributed by atoms with van der Waals surface area (Å²) in [4.78, 5) is 0. The second-order valence-electron chi connectivity index (χ2n) is 3.29. The summed E-state index contributed by atoms with van der Waals surface area (Å²) in [6, 6.07) is 4.48. The van der Waals surface area contributed by atoms with Crippen LogP contribution in [0.3, 0.4) is 0 Å². The molecule has 1 aromatic rings. The lowest BCUT2D eigenvalue weighted by Gasteiger charge is -2.05. The quantitative estimate of drug-likeness (QED) is 0.588. The molecule has 12 heavy (non-hydrogen) atoms. The van der Waals surface area contributed by atoms with E-state index < -0.39 is 0 Å². The SMILES string of the molecule is CC=Cc1cc(C)c(C)cc1C. The summed E-state index contributed by atoms with van der Waals surface area (Å²) in [5.41, 5.74) is 5.44. The van der Waals surface area contributed by atoms with E-state index in [1.165, 1.54) is 22.3 Å². The molecule has 0 unspecified atom stereocenters. The van der Waals surface area contributed by atoms with E-state index in [0.29, 0.717) is 0 Å². The molecule has 0 aliphatic carbocycles. The Morgan fingerprint density at radius 2 is 1.50 bits per heavy atom. The van der Waals surface area contributed by atoms with E-state index in [9.17, 15) is 0 Å². The van der Waals surface area contributed by atoms with E-state index in [1.54, 1.807) is 0 Å². The van der Waals surface area contributed by atoms with Crippen LogP contribution in [0.15, 0.2) is 18.2 Å². The average molecular weight is 160 g/mol. The van der Waals surface area contributed by atoms with Gasteiger partial charge in [0.25, 0.3) is 0 Å². The van der Waals surface area contributed by atoms with Crippen molar-refractivity contribution in [3.8, 4) is 0 Å². The normalized spacial score (nSPS) is 11.0. The number of hydrogen-bond donors (Lipinski definition) is 0. The predicted molar refractivity (Wildman–Crippen MR) is 55.4 cm³/mol. The Bertz CT molecular complexity index is 306. The Morgan fingerprint density at radius 3 is 2.08 bits per heavy atom. The van der Waals surface area contributed by atoms with Crippen LogP contribution in [0.4, 0.5) is 0 Å². The summed E-state index contributed by atoms with van der Waals surface area (Å²) in [5.74, 6) is 0. The molecule has 0 atom stereocenters. The fraction of sp³-hybridized carbons (Fsp3) is 0.333. The lowest BCUT2D eigenvalue weighted by Crippen LogP contribution is -1.86. The molecule has 0 saturated carbocycles. The Kier molecular flexibility index (Phi) is 2.69. The second-order valence-corrected chi connectivity index (χ2v) is 3.29.